The number of hydrogen-bond acceptors (Lipinski definition) is 4. The number of phenolic OH excluding ortho intramolecular Hbond substituents is 1. The van der Waals surface area contributed by atoms with Crippen LogP contribution < -0.4 is 4.74 Å². The smallest absolute Gasteiger partial charge is 0.344 e. The number of carbonyl (C=O) groups excluding carboxylic acids is 1. The Labute approximate surface area is 100 Å². The van der Waals surface area contributed by atoms with Gasteiger partial charge in [0.2, 0.25) is 0 Å². The van der Waals surface area contributed by atoms with E-state index in [1.54, 1.807) is 31.2 Å². The highest BCUT2D eigenvalue weighted by atomic mass is 16.6. The molecular formula is C13H16O4. The van der Waals surface area contributed by atoms with Crippen LogP contribution in [0.3, 0.4) is 0 Å². The van der Waals surface area contributed by atoms with Crippen LogP contribution in [0.2, 0.25) is 0 Å². The minimum Gasteiger partial charge on any atom is -0.508 e. The average Bonchev–Trinajstić information content (AvgIpc) is 2.30. The Morgan fingerprint density at radius 1 is 1.53 bits per heavy atom. The van der Waals surface area contributed by atoms with Crippen molar-refractivity contribution in [3.63, 3.8) is 0 Å². The second-order valence-electron chi connectivity index (χ2n) is 3.34. The van der Waals surface area contributed by atoms with Gasteiger partial charge in [0.1, 0.15) is 11.5 Å². The van der Waals surface area contributed by atoms with Crippen LogP contribution >= 0.6 is 0 Å². The van der Waals surface area contributed by atoms with Crippen molar-refractivity contribution in [3.8, 4) is 11.5 Å². The molecular weight excluding hydrogens is 220 g/mol. The monoisotopic (exact) mass is 236 g/mol. The summed E-state index contributed by atoms with van der Waals surface area (Å²) < 4.78 is 10.0. The molecule has 17 heavy (non-hydrogen) atoms. The number of hydrogen-bond donors (Lipinski definition) is 1. The first-order valence-corrected chi connectivity index (χ1v) is 5.39. The molecule has 0 aliphatic carbocycles. The van der Waals surface area contributed by atoms with Gasteiger partial charge >= 0.3 is 5.97 Å². The first-order chi connectivity index (χ1) is 8.19. The number of phenols is 1. The summed E-state index contributed by atoms with van der Waals surface area (Å²) in [5, 5.41) is 9.65. The molecule has 1 N–H and O–H groups in total. The molecule has 0 amide bonds. The topological polar surface area (TPSA) is 55.8 Å². The van der Waals surface area contributed by atoms with Gasteiger partial charge in [-0.05, 0) is 25.5 Å². The number of rotatable bonds is 6. The zero-order valence-corrected chi connectivity index (χ0v) is 9.81. The van der Waals surface area contributed by atoms with Crippen molar-refractivity contribution in [3.05, 3.63) is 36.4 Å². The van der Waals surface area contributed by atoms with E-state index in [1.807, 2.05) is 0 Å². The third kappa shape index (κ3) is 3.83. The van der Waals surface area contributed by atoms with E-state index >= 15 is 0 Å². The molecule has 0 aliphatic heterocycles. The molecule has 0 fully saturated rings. The van der Waals surface area contributed by atoms with Crippen molar-refractivity contribution >= 4 is 5.97 Å². The Morgan fingerprint density at radius 2 is 2.29 bits per heavy atom. The fraction of sp³-hybridized carbons (Fsp3) is 0.308. The molecule has 0 aromatic heterocycles. The molecule has 4 heteroatoms. The van der Waals surface area contributed by atoms with Crippen LogP contribution in [0.5, 0.6) is 11.5 Å². The Hall–Kier alpha value is -1.97. The summed E-state index contributed by atoms with van der Waals surface area (Å²) in [5.41, 5.74) is 0.617. The van der Waals surface area contributed by atoms with E-state index in [4.69, 9.17) is 9.47 Å². The van der Waals surface area contributed by atoms with E-state index in [9.17, 15) is 9.90 Å². The molecule has 0 saturated heterocycles. The lowest BCUT2D eigenvalue weighted by Gasteiger charge is -2.11. The summed E-state index contributed by atoms with van der Waals surface area (Å²) in [6, 6.07) is 4.91. The lowest BCUT2D eigenvalue weighted by atomic mass is 10.1. The van der Waals surface area contributed by atoms with Crippen molar-refractivity contribution in [2.45, 2.75) is 13.3 Å². The highest BCUT2D eigenvalue weighted by Gasteiger charge is 2.09. The van der Waals surface area contributed by atoms with Gasteiger partial charge in [0.05, 0.1) is 6.61 Å². The number of esters is 1. The van der Waals surface area contributed by atoms with Crippen LogP contribution in [0, 0.1) is 0 Å². The van der Waals surface area contributed by atoms with E-state index in [2.05, 4.69) is 6.58 Å². The van der Waals surface area contributed by atoms with Crippen molar-refractivity contribution < 1.29 is 19.4 Å². The maximum Gasteiger partial charge on any atom is 0.344 e. The molecule has 0 heterocycles. The molecule has 92 valence electrons. The number of aromatic hydroxyl groups is 1. The quantitative estimate of drug-likeness (QED) is 0.606. The van der Waals surface area contributed by atoms with Crippen LogP contribution in [0.25, 0.3) is 0 Å². The number of allylic oxidation sites excluding steroid dienone is 1. The molecule has 0 saturated carbocycles. The Balaban J connectivity index is 2.73. The van der Waals surface area contributed by atoms with Crippen molar-refractivity contribution in [2.24, 2.45) is 0 Å². The third-order valence-corrected chi connectivity index (χ3v) is 2.11. The predicted octanol–water partition coefficient (Wildman–Crippen LogP) is 2.06. The number of benzene rings is 1. The fourth-order valence-electron chi connectivity index (χ4n) is 1.38. The second-order valence-corrected chi connectivity index (χ2v) is 3.34. The second kappa shape index (κ2) is 6.58. The van der Waals surface area contributed by atoms with Gasteiger partial charge in [-0.1, -0.05) is 12.1 Å². The maximum atomic E-state index is 11.1. The van der Waals surface area contributed by atoms with Gasteiger partial charge < -0.3 is 14.6 Å². The van der Waals surface area contributed by atoms with Gasteiger partial charge in [-0.3, -0.25) is 0 Å². The lowest BCUT2D eigenvalue weighted by molar-refractivity contribution is -0.145. The molecule has 0 aliphatic rings. The molecule has 0 spiro atoms. The molecule has 0 unspecified atom stereocenters. The molecule has 1 aromatic rings. The van der Waals surface area contributed by atoms with Gasteiger partial charge in [-0.25, -0.2) is 4.79 Å². The molecule has 1 rings (SSSR count). The van der Waals surface area contributed by atoms with E-state index < -0.39 is 5.97 Å². The van der Waals surface area contributed by atoms with Crippen molar-refractivity contribution in [2.75, 3.05) is 13.2 Å². The van der Waals surface area contributed by atoms with E-state index in [0.29, 0.717) is 24.3 Å². The number of carbonyl (C=O) groups is 1. The van der Waals surface area contributed by atoms with E-state index in [-0.39, 0.29) is 12.4 Å². The molecule has 0 radical (unpaired) electrons. The van der Waals surface area contributed by atoms with E-state index in [1.165, 1.54) is 0 Å². The summed E-state index contributed by atoms with van der Waals surface area (Å²) in [6.07, 6.45) is 2.14. The normalized spacial score (nSPS) is 9.71. The number of ether oxygens (including phenoxy) is 2. The predicted molar refractivity (Wildman–Crippen MR) is 64.1 cm³/mol. The summed E-state index contributed by atoms with van der Waals surface area (Å²) >= 11 is 0. The van der Waals surface area contributed by atoms with Crippen molar-refractivity contribution in [1.29, 1.82) is 0 Å². The van der Waals surface area contributed by atoms with Gasteiger partial charge in [-0.2, -0.15) is 0 Å². The van der Waals surface area contributed by atoms with Crippen LogP contribution in [-0.4, -0.2) is 24.3 Å². The fourth-order valence-corrected chi connectivity index (χ4v) is 1.38. The van der Waals surface area contributed by atoms with Crippen LogP contribution in [-0.2, 0) is 16.0 Å². The first-order valence-electron chi connectivity index (χ1n) is 5.39. The van der Waals surface area contributed by atoms with Crippen molar-refractivity contribution in [1.82, 2.24) is 0 Å². The van der Waals surface area contributed by atoms with E-state index in [0.717, 1.165) is 0 Å². The Morgan fingerprint density at radius 3 is 2.94 bits per heavy atom. The highest BCUT2D eigenvalue weighted by Crippen LogP contribution is 2.28. The Kier molecular flexibility index (Phi) is 5.07. The summed E-state index contributed by atoms with van der Waals surface area (Å²) in [6.45, 7) is 5.49. The van der Waals surface area contributed by atoms with Gasteiger partial charge in [0.15, 0.2) is 6.61 Å². The summed E-state index contributed by atoms with van der Waals surface area (Å²) in [5.74, 6) is 0.171. The minimum absolute atomic E-state index is 0.131. The SMILES string of the molecule is C=CCc1c(O)cccc1OCC(=O)OCC. The zero-order chi connectivity index (χ0) is 12.7. The van der Waals surface area contributed by atoms with Gasteiger partial charge in [0.25, 0.3) is 0 Å². The zero-order valence-electron chi connectivity index (χ0n) is 9.81. The summed E-state index contributed by atoms with van der Waals surface area (Å²) in [4.78, 5) is 11.1. The third-order valence-electron chi connectivity index (χ3n) is 2.11. The standard InChI is InChI=1S/C13H16O4/c1-3-6-10-11(14)7-5-8-12(10)17-9-13(15)16-4-2/h3,5,7-8,14H,1,4,6,9H2,2H3. The lowest BCUT2D eigenvalue weighted by Crippen LogP contribution is -2.15. The Bertz CT molecular complexity index is 398. The van der Waals surface area contributed by atoms with Crippen LogP contribution in [0.1, 0.15) is 12.5 Å². The van der Waals surface area contributed by atoms with Gasteiger partial charge in [-0.15, -0.1) is 6.58 Å². The van der Waals surface area contributed by atoms with Crippen LogP contribution in [0.4, 0.5) is 0 Å². The average molecular weight is 236 g/mol. The molecule has 1 aromatic carbocycles. The minimum atomic E-state index is -0.430. The van der Waals surface area contributed by atoms with Gasteiger partial charge in [0, 0.05) is 5.56 Å². The largest absolute Gasteiger partial charge is 0.508 e. The molecule has 0 atom stereocenters. The van der Waals surface area contributed by atoms with Crippen LogP contribution in [0.15, 0.2) is 30.9 Å². The molecule has 0 bridgehead atoms. The first kappa shape index (κ1) is 13.1. The highest BCUT2D eigenvalue weighted by molar-refractivity contribution is 5.71. The maximum absolute atomic E-state index is 11.1. The molecule has 4 nitrogen and oxygen atoms in total. The summed E-state index contributed by atoms with van der Waals surface area (Å²) in [7, 11) is 0.